The molecule has 0 amide bonds. The Morgan fingerprint density at radius 2 is 2.08 bits per heavy atom. The lowest BCUT2D eigenvalue weighted by Gasteiger charge is -2.10. The van der Waals surface area contributed by atoms with Crippen molar-refractivity contribution in [1.29, 1.82) is 0 Å². The van der Waals surface area contributed by atoms with Gasteiger partial charge in [-0.25, -0.2) is 0 Å². The van der Waals surface area contributed by atoms with Crippen LogP contribution in [0.4, 0.5) is 0 Å². The van der Waals surface area contributed by atoms with Crippen molar-refractivity contribution in [3.8, 4) is 16.9 Å². The van der Waals surface area contributed by atoms with Crippen LogP contribution in [-0.4, -0.2) is 27.0 Å². The van der Waals surface area contributed by atoms with Crippen LogP contribution >= 0.6 is 34.7 Å². The van der Waals surface area contributed by atoms with E-state index in [0.717, 1.165) is 38.1 Å². The largest absolute Gasteiger partial charge is 0.411 e. The maximum Gasteiger partial charge on any atom is 0.271 e. The highest BCUT2D eigenvalue weighted by atomic mass is 35.5. The molecule has 25 heavy (non-hydrogen) atoms. The third kappa shape index (κ3) is 3.10. The van der Waals surface area contributed by atoms with Crippen molar-refractivity contribution >= 4 is 40.9 Å². The molecule has 8 heteroatoms. The zero-order chi connectivity index (χ0) is 17.4. The Bertz CT molecular complexity index is 1030. The van der Waals surface area contributed by atoms with Gasteiger partial charge in [0.1, 0.15) is 0 Å². The molecule has 0 saturated heterocycles. The number of benzene rings is 1. The highest BCUT2D eigenvalue weighted by Gasteiger charge is 2.21. The molecule has 5 nitrogen and oxygen atoms in total. The first-order chi connectivity index (χ1) is 12.2. The number of thioether (sulfide) groups is 1. The van der Waals surface area contributed by atoms with Crippen molar-refractivity contribution in [3.63, 3.8) is 0 Å². The van der Waals surface area contributed by atoms with Crippen LogP contribution in [0.15, 0.2) is 50.6 Å². The smallest absolute Gasteiger partial charge is 0.271 e. The molecule has 0 unspecified atom stereocenters. The lowest BCUT2D eigenvalue weighted by molar-refractivity contribution is 0.322. The topological polar surface area (TPSA) is 67.5 Å². The Hall–Kier alpha value is -2.09. The number of rotatable bonds is 2. The fourth-order valence-electron chi connectivity index (χ4n) is 2.72. The number of aryl methyl sites for hydroxylation is 1. The Morgan fingerprint density at radius 3 is 2.84 bits per heavy atom. The maximum absolute atomic E-state index is 12.5. The molecule has 3 heterocycles. The van der Waals surface area contributed by atoms with Crippen LogP contribution < -0.4 is 5.56 Å². The first-order valence-electron chi connectivity index (χ1n) is 7.49. The van der Waals surface area contributed by atoms with E-state index in [1.54, 1.807) is 53.4 Å². The molecule has 0 fully saturated rings. The van der Waals surface area contributed by atoms with Gasteiger partial charge in [-0.2, -0.15) is 9.78 Å². The summed E-state index contributed by atoms with van der Waals surface area (Å²) in [5, 5.41) is 17.1. The highest BCUT2D eigenvalue weighted by Crippen LogP contribution is 2.41. The quantitative estimate of drug-likeness (QED) is 0.407. The summed E-state index contributed by atoms with van der Waals surface area (Å²) >= 11 is 9.22. The fraction of sp³-hybridized carbons (Fsp3) is 0.118. The maximum atomic E-state index is 12.5. The summed E-state index contributed by atoms with van der Waals surface area (Å²) < 4.78 is 2.51. The van der Waals surface area contributed by atoms with E-state index in [2.05, 4.69) is 10.3 Å². The molecule has 1 aliphatic heterocycles. The Morgan fingerprint density at radius 1 is 1.28 bits per heavy atom. The predicted octanol–water partition coefficient (Wildman–Crippen LogP) is 4.07. The van der Waals surface area contributed by atoms with Gasteiger partial charge >= 0.3 is 0 Å². The van der Waals surface area contributed by atoms with Gasteiger partial charge in [0.2, 0.25) is 0 Å². The van der Waals surface area contributed by atoms with E-state index < -0.39 is 0 Å². The molecule has 3 aromatic rings. The summed E-state index contributed by atoms with van der Waals surface area (Å²) in [5.41, 5.74) is 3.21. The summed E-state index contributed by atoms with van der Waals surface area (Å²) in [4.78, 5) is 13.4. The Kier molecular flexibility index (Phi) is 4.37. The zero-order valence-electron chi connectivity index (χ0n) is 12.8. The molecule has 0 bridgehead atoms. The number of oxime groups is 1. The van der Waals surface area contributed by atoms with Crippen molar-refractivity contribution in [3.05, 3.63) is 62.2 Å². The van der Waals surface area contributed by atoms with Gasteiger partial charge in [-0.05, 0) is 42.3 Å². The average molecular weight is 390 g/mol. The van der Waals surface area contributed by atoms with E-state index in [1.165, 1.54) is 10.9 Å². The van der Waals surface area contributed by atoms with E-state index in [4.69, 9.17) is 16.8 Å². The highest BCUT2D eigenvalue weighted by molar-refractivity contribution is 8.01. The van der Waals surface area contributed by atoms with Crippen LogP contribution in [0.2, 0.25) is 5.02 Å². The fourth-order valence-corrected chi connectivity index (χ4v) is 5.19. The molecule has 2 aromatic heterocycles. The van der Waals surface area contributed by atoms with Gasteiger partial charge in [0.05, 0.1) is 26.7 Å². The molecule has 0 saturated carbocycles. The second-order valence-corrected chi connectivity index (χ2v) is 8.32. The number of halogens is 1. The third-order valence-electron chi connectivity index (χ3n) is 3.84. The molecule has 0 aliphatic carbocycles. The molecule has 0 radical (unpaired) electrons. The van der Waals surface area contributed by atoms with Gasteiger partial charge in [0, 0.05) is 22.4 Å². The SMILES string of the molecule is O=c1cc2c(nn1-c1ccc(Cl)cc1)-c1cc(/C=N/O)sc1SCC2. The molecular formula is C17H12ClN3O2S2. The van der Waals surface area contributed by atoms with Crippen molar-refractivity contribution in [2.24, 2.45) is 5.16 Å². The Labute approximate surface area is 156 Å². The second kappa shape index (κ2) is 6.67. The van der Waals surface area contributed by atoms with Gasteiger partial charge < -0.3 is 5.21 Å². The Balaban J connectivity index is 1.91. The first kappa shape index (κ1) is 16.4. The molecule has 1 aromatic carbocycles. The number of thiophene rings is 1. The molecular weight excluding hydrogens is 378 g/mol. The van der Waals surface area contributed by atoms with E-state index in [-0.39, 0.29) is 5.56 Å². The van der Waals surface area contributed by atoms with Gasteiger partial charge in [0.15, 0.2) is 0 Å². The molecule has 1 N–H and O–H groups in total. The number of aromatic nitrogens is 2. The van der Waals surface area contributed by atoms with Crippen LogP contribution in [0.1, 0.15) is 10.4 Å². The number of hydrogen-bond acceptors (Lipinski definition) is 6. The minimum absolute atomic E-state index is 0.165. The van der Waals surface area contributed by atoms with Crippen LogP contribution in [0, 0.1) is 0 Å². The van der Waals surface area contributed by atoms with E-state index >= 15 is 0 Å². The van der Waals surface area contributed by atoms with Crippen LogP contribution in [0.25, 0.3) is 16.9 Å². The standard InChI is InChI=1S/C17H12ClN3O2S2/c18-11-1-3-12(4-2-11)21-15(22)7-10-5-6-24-17-14(16(10)20-21)8-13(25-17)9-19-23/h1-4,7-9,23H,5-6H2/b19-9+. The summed E-state index contributed by atoms with van der Waals surface area (Å²) in [6, 6.07) is 10.6. The minimum Gasteiger partial charge on any atom is -0.411 e. The van der Waals surface area contributed by atoms with Crippen molar-refractivity contribution in [2.45, 2.75) is 10.6 Å². The summed E-state index contributed by atoms with van der Waals surface area (Å²) in [6.45, 7) is 0. The summed E-state index contributed by atoms with van der Waals surface area (Å²) in [7, 11) is 0. The monoisotopic (exact) mass is 389 g/mol. The summed E-state index contributed by atoms with van der Waals surface area (Å²) in [5.74, 6) is 0.877. The minimum atomic E-state index is -0.165. The van der Waals surface area contributed by atoms with E-state index in [9.17, 15) is 4.79 Å². The zero-order valence-corrected chi connectivity index (χ0v) is 15.2. The summed E-state index contributed by atoms with van der Waals surface area (Å²) in [6.07, 6.45) is 2.20. The molecule has 1 aliphatic rings. The van der Waals surface area contributed by atoms with Gasteiger partial charge in [0.25, 0.3) is 5.56 Å². The molecule has 0 spiro atoms. The van der Waals surface area contributed by atoms with Crippen LogP contribution in [0.5, 0.6) is 0 Å². The van der Waals surface area contributed by atoms with Gasteiger partial charge in [-0.1, -0.05) is 16.8 Å². The lowest BCUT2D eigenvalue weighted by atomic mass is 10.1. The second-order valence-electron chi connectivity index (χ2n) is 5.44. The van der Waals surface area contributed by atoms with Crippen molar-refractivity contribution in [1.82, 2.24) is 9.78 Å². The van der Waals surface area contributed by atoms with Crippen molar-refractivity contribution in [2.75, 3.05) is 5.75 Å². The average Bonchev–Trinajstić information content (AvgIpc) is 2.92. The van der Waals surface area contributed by atoms with Crippen LogP contribution in [0.3, 0.4) is 0 Å². The lowest BCUT2D eigenvalue weighted by Crippen LogP contribution is -2.22. The molecule has 4 rings (SSSR count). The first-order valence-corrected chi connectivity index (χ1v) is 9.67. The number of fused-ring (bicyclic) bond motifs is 3. The third-order valence-corrected chi connectivity index (χ3v) is 6.45. The molecule has 0 atom stereocenters. The number of hydrogen-bond donors (Lipinski definition) is 1. The predicted molar refractivity (Wildman–Crippen MR) is 102 cm³/mol. The van der Waals surface area contributed by atoms with Crippen LogP contribution in [-0.2, 0) is 6.42 Å². The number of nitrogens with zero attached hydrogens (tertiary/aromatic N) is 3. The van der Waals surface area contributed by atoms with E-state index in [1.807, 2.05) is 6.07 Å². The van der Waals surface area contributed by atoms with Gasteiger partial charge in [-0.3, -0.25) is 4.79 Å². The normalized spacial score (nSPS) is 13.5. The molecule has 126 valence electrons. The van der Waals surface area contributed by atoms with Gasteiger partial charge in [-0.15, -0.1) is 23.1 Å². The van der Waals surface area contributed by atoms with Crippen molar-refractivity contribution < 1.29 is 5.21 Å². The van der Waals surface area contributed by atoms with E-state index in [0.29, 0.717) is 10.7 Å².